The van der Waals surface area contributed by atoms with Gasteiger partial charge in [0, 0.05) is 0 Å². The Morgan fingerprint density at radius 1 is 1.42 bits per heavy atom. The molecule has 1 saturated carbocycles. The van der Waals surface area contributed by atoms with Gasteiger partial charge in [0.1, 0.15) is 5.41 Å². The van der Waals surface area contributed by atoms with Crippen LogP contribution in [0.5, 0.6) is 0 Å². The number of aliphatic hydroxyl groups is 1. The lowest BCUT2D eigenvalue weighted by Gasteiger charge is -2.29. The highest BCUT2D eigenvalue weighted by Crippen LogP contribution is 2.52. The van der Waals surface area contributed by atoms with Crippen LogP contribution in [0.25, 0.3) is 0 Å². The third-order valence-corrected chi connectivity index (χ3v) is 3.81. The fourth-order valence-electron chi connectivity index (χ4n) is 2.98. The van der Waals surface area contributed by atoms with E-state index in [0.717, 1.165) is 0 Å². The maximum Gasteiger partial charge on any atom is 0.107 e. The molecule has 1 fully saturated rings. The van der Waals surface area contributed by atoms with Gasteiger partial charge in [-0.3, -0.25) is 0 Å². The summed E-state index contributed by atoms with van der Waals surface area (Å²) in [6, 6.07) is 2.19. The zero-order valence-corrected chi connectivity index (χ0v) is 13.1. The normalized spacial score (nSPS) is 32.4. The Balaban J connectivity index is 0.00000154. The Kier molecular flexibility index (Phi) is 7.29. The molecule has 0 aromatic rings. The molecule has 0 aromatic carbocycles. The van der Waals surface area contributed by atoms with Gasteiger partial charge in [0.25, 0.3) is 0 Å². The van der Waals surface area contributed by atoms with Crippen molar-refractivity contribution in [3.8, 4) is 6.07 Å². The predicted octanol–water partition coefficient (Wildman–Crippen LogP) is 4.46. The summed E-state index contributed by atoms with van der Waals surface area (Å²) in [5.41, 5.74) is -0.520. The van der Waals surface area contributed by atoms with Crippen molar-refractivity contribution in [1.82, 2.24) is 0 Å². The minimum absolute atomic E-state index is 0.0200. The standard InChI is InChI=1S/C14H22FNO.C2H6/c1-9(2)6-14(8-16)12(7-15)11(10(3)4)5-13(14)17;1-2/h7,9-11,13,17H,5-6H2,1-4H3;1-2H3/b12-7-;. The van der Waals surface area contributed by atoms with Gasteiger partial charge >= 0.3 is 0 Å². The quantitative estimate of drug-likeness (QED) is 0.822. The number of aliphatic hydroxyl groups excluding tert-OH is 1. The summed E-state index contributed by atoms with van der Waals surface area (Å²) in [6.45, 7) is 12.0. The number of halogens is 1. The summed E-state index contributed by atoms with van der Waals surface area (Å²) in [6.07, 6.45) is 0.827. The van der Waals surface area contributed by atoms with Crippen LogP contribution in [0.4, 0.5) is 4.39 Å². The smallest absolute Gasteiger partial charge is 0.107 e. The monoisotopic (exact) mass is 269 g/mol. The molecule has 0 spiro atoms. The number of nitriles is 1. The van der Waals surface area contributed by atoms with Gasteiger partial charge in [-0.25, -0.2) is 4.39 Å². The molecule has 0 amide bonds. The number of hydrogen-bond donors (Lipinski definition) is 1. The largest absolute Gasteiger partial charge is 0.391 e. The van der Waals surface area contributed by atoms with Crippen LogP contribution in [0.2, 0.25) is 0 Å². The lowest BCUT2D eigenvalue weighted by molar-refractivity contribution is 0.0891. The van der Waals surface area contributed by atoms with Gasteiger partial charge in [0.15, 0.2) is 0 Å². The van der Waals surface area contributed by atoms with Gasteiger partial charge in [0.2, 0.25) is 0 Å². The molecule has 1 aliphatic rings. The molecule has 3 heteroatoms. The third-order valence-electron chi connectivity index (χ3n) is 3.81. The van der Waals surface area contributed by atoms with Crippen LogP contribution < -0.4 is 0 Å². The van der Waals surface area contributed by atoms with E-state index in [4.69, 9.17) is 0 Å². The van der Waals surface area contributed by atoms with E-state index in [1.54, 1.807) is 0 Å². The zero-order valence-electron chi connectivity index (χ0n) is 13.1. The van der Waals surface area contributed by atoms with E-state index in [2.05, 4.69) is 6.07 Å². The minimum atomic E-state index is -1.02. The van der Waals surface area contributed by atoms with Gasteiger partial charge in [-0.2, -0.15) is 5.26 Å². The maximum absolute atomic E-state index is 13.2. The summed E-state index contributed by atoms with van der Waals surface area (Å²) >= 11 is 0. The fourth-order valence-corrected chi connectivity index (χ4v) is 2.98. The first-order valence-electron chi connectivity index (χ1n) is 7.29. The van der Waals surface area contributed by atoms with Gasteiger partial charge in [-0.05, 0) is 36.2 Å². The maximum atomic E-state index is 13.2. The summed E-state index contributed by atoms with van der Waals surface area (Å²) in [4.78, 5) is 0. The Bertz CT molecular complexity index is 343. The van der Waals surface area contributed by atoms with Gasteiger partial charge in [-0.15, -0.1) is 0 Å². The molecule has 19 heavy (non-hydrogen) atoms. The topological polar surface area (TPSA) is 44.0 Å². The Morgan fingerprint density at radius 2 is 1.95 bits per heavy atom. The third kappa shape index (κ3) is 3.57. The van der Waals surface area contributed by atoms with Crippen molar-refractivity contribution < 1.29 is 9.50 Å². The molecule has 0 bridgehead atoms. The summed E-state index contributed by atoms with van der Waals surface area (Å²) in [5, 5.41) is 19.6. The lowest BCUT2D eigenvalue weighted by atomic mass is 9.73. The van der Waals surface area contributed by atoms with E-state index in [-0.39, 0.29) is 17.8 Å². The first-order chi connectivity index (χ1) is 8.89. The van der Waals surface area contributed by atoms with E-state index in [1.807, 2.05) is 41.5 Å². The SMILES string of the molecule is CC.CC(C)CC1(C#N)/C(=C\F)C(C(C)C)CC1O. The van der Waals surface area contributed by atoms with Crippen LogP contribution in [0.3, 0.4) is 0 Å². The highest BCUT2D eigenvalue weighted by atomic mass is 19.1. The molecule has 1 N–H and O–H groups in total. The Labute approximate surface area is 117 Å². The van der Waals surface area contributed by atoms with Crippen LogP contribution >= 0.6 is 0 Å². The van der Waals surface area contributed by atoms with E-state index >= 15 is 0 Å². The molecule has 3 atom stereocenters. The molecule has 3 unspecified atom stereocenters. The van der Waals surface area contributed by atoms with E-state index in [9.17, 15) is 14.8 Å². The van der Waals surface area contributed by atoms with Crippen molar-refractivity contribution >= 4 is 0 Å². The van der Waals surface area contributed by atoms with Crippen molar-refractivity contribution in [2.24, 2.45) is 23.2 Å². The molecule has 0 aliphatic heterocycles. The molecule has 2 nitrogen and oxygen atoms in total. The average molecular weight is 269 g/mol. The second-order valence-corrected chi connectivity index (χ2v) is 5.85. The van der Waals surface area contributed by atoms with Crippen molar-refractivity contribution in [1.29, 1.82) is 5.26 Å². The van der Waals surface area contributed by atoms with E-state index < -0.39 is 11.5 Å². The van der Waals surface area contributed by atoms with Gasteiger partial charge < -0.3 is 5.11 Å². The van der Waals surface area contributed by atoms with Gasteiger partial charge in [0.05, 0.1) is 18.5 Å². The first kappa shape index (κ1) is 18.1. The van der Waals surface area contributed by atoms with E-state index in [1.165, 1.54) is 0 Å². The van der Waals surface area contributed by atoms with Gasteiger partial charge in [-0.1, -0.05) is 41.5 Å². The number of rotatable bonds is 3. The van der Waals surface area contributed by atoms with Crippen molar-refractivity contribution in [2.75, 3.05) is 0 Å². The van der Waals surface area contributed by atoms with Crippen LogP contribution in [0, 0.1) is 34.5 Å². The molecule has 0 aromatic heterocycles. The van der Waals surface area contributed by atoms with Crippen molar-refractivity contribution in [2.45, 2.75) is 60.5 Å². The zero-order chi connectivity index (χ0) is 15.2. The summed E-state index contributed by atoms with van der Waals surface area (Å²) < 4.78 is 13.2. The Morgan fingerprint density at radius 3 is 2.26 bits per heavy atom. The molecule has 0 saturated heterocycles. The number of hydrogen-bond acceptors (Lipinski definition) is 2. The summed E-state index contributed by atoms with van der Waals surface area (Å²) in [5.74, 6) is 0.479. The predicted molar refractivity (Wildman–Crippen MR) is 77.0 cm³/mol. The molecule has 0 radical (unpaired) electrons. The summed E-state index contributed by atoms with van der Waals surface area (Å²) in [7, 11) is 0. The first-order valence-corrected chi connectivity index (χ1v) is 7.29. The second-order valence-electron chi connectivity index (χ2n) is 5.85. The van der Waals surface area contributed by atoms with Crippen molar-refractivity contribution in [3.63, 3.8) is 0 Å². The minimum Gasteiger partial charge on any atom is -0.391 e. The van der Waals surface area contributed by atoms with Crippen LogP contribution in [0.1, 0.15) is 54.4 Å². The van der Waals surface area contributed by atoms with E-state index in [0.29, 0.717) is 24.7 Å². The van der Waals surface area contributed by atoms with Crippen LogP contribution in [-0.2, 0) is 0 Å². The molecule has 110 valence electrons. The highest BCUT2D eigenvalue weighted by molar-refractivity contribution is 5.32. The number of nitrogens with zero attached hydrogens (tertiary/aromatic N) is 1. The average Bonchev–Trinajstić information content (AvgIpc) is 2.64. The molecule has 1 aliphatic carbocycles. The van der Waals surface area contributed by atoms with Crippen LogP contribution in [-0.4, -0.2) is 11.2 Å². The second kappa shape index (κ2) is 7.65. The fraction of sp³-hybridized carbons (Fsp3) is 0.812. The van der Waals surface area contributed by atoms with Crippen molar-refractivity contribution in [3.05, 3.63) is 11.9 Å². The Hall–Kier alpha value is -0.880. The van der Waals surface area contributed by atoms with Crippen LogP contribution in [0.15, 0.2) is 11.9 Å². The molecular formula is C16H28FNO. The highest BCUT2D eigenvalue weighted by Gasteiger charge is 2.52. The molecule has 0 heterocycles. The molecular weight excluding hydrogens is 241 g/mol. The molecule has 1 rings (SSSR count). The lowest BCUT2D eigenvalue weighted by Crippen LogP contribution is -2.31.